The van der Waals surface area contributed by atoms with E-state index in [9.17, 15) is 4.79 Å². The van der Waals surface area contributed by atoms with E-state index in [1.807, 2.05) is 24.3 Å². The van der Waals surface area contributed by atoms with E-state index in [0.29, 0.717) is 12.3 Å². The lowest BCUT2D eigenvalue weighted by molar-refractivity contribution is -0.130. The number of hydrogen-bond acceptors (Lipinski definition) is 3. The van der Waals surface area contributed by atoms with Gasteiger partial charge in [-0.05, 0) is 56.7 Å². The van der Waals surface area contributed by atoms with Gasteiger partial charge in [-0.15, -0.1) is 24.0 Å². The van der Waals surface area contributed by atoms with Crippen molar-refractivity contribution in [3.05, 3.63) is 41.5 Å². The number of halogens is 1. The van der Waals surface area contributed by atoms with Crippen LogP contribution >= 0.6 is 24.0 Å². The summed E-state index contributed by atoms with van der Waals surface area (Å²) >= 11 is 0. The third kappa shape index (κ3) is 10.0. The molecule has 162 valence electrons. The summed E-state index contributed by atoms with van der Waals surface area (Å²) in [5, 5.41) is 6.72. The standard InChI is InChI=1S/C22H34N4O2.HI/c1-4-23-22(24-14-13-18-9-6-5-7-10-18)25-16-19-11-8-12-20(15-19)28-17-21(27)26(2)3;/h8-9,11-12,15H,4-7,10,13-14,16-17H2,1-3H3,(H2,23,24,25);1H. The van der Waals surface area contributed by atoms with E-state index in [4.69, 9.17) is 4.74 Å². The second kappa shape index (κ2) is 14.3. The van der Waals surface area contributed by atoms with E-state index in [0.717, 1.165) is 31.0 Å². The maximum absolute atomic E-state index is 11.7. The van der Waals surface area contributed by atoms with Crippen molar-refractivity contribution in [3.8, 4) is 5.75 Å². The fourth-order valence-electron chi connectivity index (χ4n) is 2.99. The number of hydrogen-bond donors (Lipinski definition) is 2. The lowest BCUT2D eigenvalue weighted by Gasteiger charge is -2.15. The van der Waals surface area contributed by atoms with Crippen molar-refractivity contribution in [2.45, 2.75) is 45.6 Å². The highest BCUT2D eigenvalue weighted by molar-refractivity contribution is 14.0. The monoisotopic (exact) mass is 514 g/mol. The maximum Gasteiger partial charge on any atom is 0.259 e. The van der Waals surface area contributed by atoms with Crippen LogP contribution in [0.25, 0.3) is 0 Å². The molecule has 0 atom stereocenters. The van der Waals surface area contributed by atoms with E-state index in [1.54, 1.807) is 19.7 Å². The topological polar surface area (TPSA) is 66.0 Å². The predicted octanol–water partition coefficient (Wildman–Crippen LogP) is 3.72. The summed E-state index contributed by atoms with van der Waals surface area (Å²) in [6.45, 7) is 4.38. The van der Waals surface area contributed by atoms with Crippen molar-refractivity contribution in [1.29, 1.82) is 0 Å². The Morgan fingerprint density at radius 2 is 2.07 bits per heavy atom. The van der Waals surface area contributed by atoms with Gasteiger partial charge in [0.25, 0.3) is 5.91 Å². The molecule has 0 heterocycles. The first-order chi connectivity index (χ1) is 13.6. The van der Waals surface area contributed by atoms with Gasteiger partial charge in [-0.3, -0.25) is 4.79 Å². The summed E-state index contributed by atoms with van der Waals surface area (Å²) in [4.78, 5) is 17.9. The van der Waals surface area contributed by atoms with Gasteiger partial charge >= 0.3 is 0 Å². The van der Waals surface area contributed by atoms with Crippen molar-refractivity contribution in [2.24, 2.45) is 4.99 Å². The number of aliphatic imine (C=N–C) groups is 1. The SMILES string of the molecule is CCNC(=NCc1cccc(OCC(=O)N(C)C)c1)NCCC1=CCCCC1.I. The van der Waals surface area contributed by atoms with Crippen molar-refractivity contribution < 1.29 is 9.53 Å². The van der Waals surface area contributed by atoms with Gasteiger partial charge in [0.05, 0.1) is 6.54 Å². The highest BCUT2D eigenvalue weighted by Gasteiger charge is 2.06. The number of carbonyl (C=O) groups is 1. The van der Waals surface area contributed by atoms with Crippen LogP contribution in [0.15, 0.2) is 40.9 Å². The zero-order chi connectivity index (χ0) is 20.2. The molecular weight excluding hydrogens is 479 g/mol. The highest BCUT2D eigenvalue weighted by atomic mass is 127. The second-order valence-corrected chi connectivity index (χ2v) is 7.20. The molecule has 1 aromatic carbocycles. The molecule has 0 spiro atoms. The van der Waals surface area contributed by atoms with E-state index in [2.05, 4.69) is 28.6 Å². The molecule has 0 radical (unpaired) electrons. The molecule has 0 aliphatic heterocycles. The Hall–Kier alpha value is -1.77. The van der Waals surface area contributed by atoms with Gasteiger partial charge in [0.15, 0.2) is 12.6 Å². The molecule has 1 aliphatic carbocycles. The molecule has 1 aromatic rings. The Kier molecular flexibility index (Phi) is 12.4. The van der Waals surface area contributed by atoms with Crippen LogP contribution in [0.2, 0.25) is 0 Å². The van der Waals surface area contributed by atoms with Crippen molar-refractivity contribution in [2.75, 3.05) is 33.8 Å². The fraction of sp³-hybridized carbons (Fsp3) is 0.545. The van der Waals surface area contributed by atoms with E-state index in [1.165, 1.54) is 30.6 Å². The minimum atomic E-state index is -0.0601. The van der Waals surface area contributed by atoms with Crippen LogP contribution in [-0.4, -0.2) is 50.6 Å². The Labute approximate surface area is 192 Å². The van der Waals surface area contributed by atoms with E-state index < -0.39 is 0 Å². The number of benzene rings is 1. The highest BCUT2D eigenvalue weighted by Crippen LogP contribution is 2.19. The molecule has 6 nitrogen and oxygen atoms in total. The number of carbonyl (C=O) groups excluding carboxylic acids is 1. The van der Waals surface area contributed by atoms with Gasteiger partial charge in [-0.2, -0.15) is 0 Å². The molecule has 0 aromatic heterocycles. The van der Waals surface area contributed by atoms with E-state index in [-0.39, 0.29) is 36.5 Å². The van der Waals surface area contributed by atoms with Gasteiger partial charge in [0.2, 0.25) is 0 Å². The Morgan fingerprint density at radius 1 is 1.24 bits per heavy atom. The smallest absolute Gasteiger partial charge is 0.259 e. The number of nitrogens with zero attached hydrogens (tertiary/aromatic N) is 2. The second-order valence-electron chi connectivity index (χ2n) is 7.20. The largest absolute Gasteiger partial charge is 0.484 e. The molecular formula is C22H35IN4O2. The first-order valence-corrected chi connectivity index (χ1v) is 10.2. The lowest BCUT2D eigenvalue weighted by atomic mass is 9.97. The molecule has 0 bridgehead atoms. The van der Waals surface area contributed by atoms with Gasteiger partial charge in [-0.1, -0.05) is 23.8 Å². The van der Waals surface area contributed by atoms with Crippen molar-refractivity contribution >= 4 is 35.8 Å². The molecule has 29 heavy (non-hydrogen) atoms. The van der Waals surface area contributed by atoms with Gasteiger partial charge < -0.3 is 20.3 Å². The van der Waals surface area contributed by atoms with Crippen LogP contribution in [0.1, 0.15) is 44.6 Å². The summed E-state index contributed by atoms with van der Waals surface area (Å²) in [5.41, 5.74) is 2.61. The predicted molar refractivity (Wildman–Crippen MR) is 130 cm³/mol. The molecule has 7 heteroatoms. The number of likely N-dealkylation sites (N-methyl/N-ethyl adjacent to an activating group) is 1. The molecule has 1 amide bonds. The summed E-state index contributed by atoms with van der Waals surface area (Å²) in [5.74, 6) is 1.45. The van der Waals surface area contributed by atoms with Crippen LogP contribution in [0.3, 0.4) is 0 Å². The number of amides is 1. The zero-order valence-corrected chi connectivity index (χ0v) is 20.2. The molecule has 2 N–H and O–H groups in total. The van der Waals surface area contributed by atoms with Crippen molar-refractivity contribution in [3.63, 3.8) is 0 Å². The number of allylic oxidation sites excluding steroid dienone is 1. The average molecular weight is 514 g/mol. The molecule has 0 saturated heterocycles. The Bertz CT molecular complexity index is 689. The van der Waals surface area contributed by atoms with Crippen LogP contribution in [0.4, 0.5) is 0 Å². The summed E-state index contributed by atoms with van der Waals surface area (Å²) < 4.78 is 5.58. The average Bonchev–Trinajstić information content (AvgIpc) is 2.71. The van der Waals surface area contributed by atoms with Crippen LogP contribution in [0, 0.1) is 0 Å². The summed E-state index contributed by atoms with van der Waals surface area (Å²) in [7, 11) is 3.44. The van der Waals surface area contributed by atoms with E-state index >= 15 is 0 Å². The molecule has 0 unspecified atom stereocenters. The third-order valence-corrected chi connectivity index (χ3v) is 4.65. The minimum Gasteiger partial charge on any atom is -0.484 e. The Morgan fingerprint density at radius 3 is 2.76 bits per heavy atom. The normalized spacial score (nSPS) is 13.8. The summed E-state index contributed by atoms with van der Waals surface area (Å²) in [6, 6.07) is 7.73. The van der Waals surface area contributed by atoms with Gasteiger partial charge in [0, 0.05) is 27.2 Å². The van der Waals surface area contributed by atoms with Gasteiger partial charge in [0.1, 0.15) is 5.75 Å². The molecule has 0 fully saturated rings. The number of guanidine groups is 1. The number of ether oxygens (including phenoxy) is 1. The van der Waals surface area contributed by atoms with Crippen molar-refractivity contribution in [1.82, 2.24) is 15.5 Å². The van der Waals surface area contributed by atoms with Crippen LogP contribution in [-0.2, 0) is 11.3 Å². The lowest BCUT2D eigenvalue weighted by Crippen LogP contribution is -2.37. The molecule has 1 aliphatic rings. The summed E-state index contributed by atoms with van der Waals surface area (Å²) in [6.07, 6.45) is 8.57. The minimum absolute atomic E-state index is 0. The zero-order valence-electron chi connectivity index (χ0n) is 17.9. The van der Waals surface area contributed by atoms with Crippen LogP contribution < -0.4 is 15.4 Å². The fourth-order valence-corrected chi connectivity index (χ4v) is 2.99. The van der Waals surface area contributed by atoms with Gasteiger partial charge in [-0.25, -0.2) is 4.99 Å². The number of rotatable bonds is 9. The third-order valence-electron chi connectivity index (χ3n) is 4.65. The van der Waals surface area contributed by atoms with Crippen LogP contribution in [0.5, 0.6) is 5.75 Å². The first-order valence-electron chi connectivity index (χ1n) is 10.2. The quantitative estimate of drug-likeness (QED) is 0.228. The number of nitrogens with one attached hydrogen (secondary N) is 2. The molecule has 0 saturated carbocycles. The maximum atomic E-state index is 11.7. The first kappa shape index (κ1) is 25.3. The molecule has 2 rings (SSSR count). The Balaban J connectivity index is 0.00000420.